The van der Waals surface area contributed by atoms with Crippen molar-refractivity contribution < 1.29 is 13.2 Å². The Bertz CT molecular complexity index is 329. The van der Waals surface area contributed by atoms with Crippen LogP contribution in [0.15, 0.2) is 0 Å². The normalized spacial score (nSPS) is 25.6. The molecule has 2 fully saturated rings. The third-order valence-corrected chi connectivity index (χ3v) is 6.42. The Morgan fingerprint density at radius 2 is 1.81 bits per heavy atom. The van der Waals surface area contributed by atoms with Crippen LogP contribution in [-0.4, -0.2) is 25.9 Å². The van der Waals surface area contributed by atoms with Gasteiger partial charge in [0.25, 0.3) is 0 Å². The van der Waals surface area contributed by atoms with Crippen molar-refractivity contribution in [1.29, 1.82) is 0 Å². The van der Waals surface area contributed by atoms with Crippen molar-refractivity contribution in [1.82, 2.24) is 0 Å². The number of hydrogen-bond donors (Lipinski definition) is 0. The van der Waals surface area contributed by atoms with Crippen LogP contribution >= 0.6 is 10.7 Å². The fourth-order valence-electron chi connectivity index (χ4n) is 2.40. The predicted octanol–water partition coefficient (Wildman–Crippen LogP) is 2.83. The predicted molar refractivity (Wildman–Crippen MR) is 64.2 cm³/mol. The van der Waals surface area contributed by atoms with Crippen LogP contribution in [0.1, 0.15) is 51.4 Å². The summed E-state index contributed by atoms with van der Waals surface area (Å²) >= 11 is 0. The molecule has 0 aromatic heterocycles. The molecule has 0 radical (unpaired) electrons. The highest BCUT2D eigenvalue weighted by atomic mass is 35.7. The zero-order chi connectivity index (χ0) is 11.6. The van der Waals surface area contributed by atoms with E-state index in [4.69, 9.17) is 15.4 Å². The van der Waals surface area contributed by atoms with E-state index >= 15 is 0 Å². The van der Waals surface area contributed by atoms with Gasteiger partial charge in [-0.2, -0.15) is 0 Å². The maximum Gasteiger partial charge on any atom is 0.238 e. The molecule has 0 saturated heterocycles. The first-order valence-electron chi connectivity index (χ1n) is 6.09. The number of hydrogen-bond acceptors (Lipinski definition) is 3. The molecule has 2 aliphatic carbocycles. The number of ether oxygens (including phenoxy) is 1. The summed E-state index contributed by atoms with van der Waals surface area (Å²) in [4.78, 5) is 0. The molecule has 0 aromatic carbocycles. The molecule has 3 nitrogen and oxygen atoms in total. The summed E-state index contributed by atoms with van der Waals surface area (Å²) in [5.74, 6) is 0. The molecular weight excluding hydrogens is 248 g/mol. The van der Waals surface area contributed by atoms with Gasteiger partial charge in [0, 0.05) is 17.3 Å². The molecule has 94 valence electrons. The van der Waals surface area contributed by atoms with Gasteiger partial charge in [-0.1, -0.05) is 19.3 Å². The van der Waals surface area contributed by atoms with E-state index < -0.39 is 13.8 Å². The first-order valence-corrected chi connectivity index (χ1v) is 8.40. The largest absolute Gasteiger partial charge is 0.378 e. The summed E-state index contributed by atoms with van der Waals surface area (Å²) in [5.41, 5.74) is 0. The fourth-order valence-corrected chi connectivity index (χ4v) is 4.01. The minimum absolute atomic E-state index is 0.350. The van der Waals surface area contributed by atoms with Gasteiger partial charge < -0.3 is 4.74 Å². The SMILES string of the molecule is O=S(=O)(Cl)C1(CCOC2CCCCC2)CC1. The standard InChI is InChI=1S/C11H19ClO3S/c12-16(13,14)11(6-7-11)8-9-15-10-4-2-1-3-5-10/h10H,1-9H2. The Labute approximate surface area is 102 Å². The highest BCUT2D eigenvalue weighted by Crippen LogP contribution is 2.48. The second-order valence-corrected chi connectivity index (χ2v) is 7.96. The first-order chi connectivity index (χ1) is 7.54. The summed E-state index contributed by atoms with van der Waals surface area (Å²) in [5, 5.41) is 0. The van der Waals surface area contributed by atoms with Gasteiger partial charge in [0.15, 0.2) is 0 Å². The maximum atomic E-state index is 11.3. The van der Waals surface area contributed by atoms with E-state index in [1.165, 1.54) is 19.3 Å². The molecule has 0 unspecified atom stereocenters. The van der Waals surface area contributed by atoms with Gasteiger partial charge in [0.1, 0.15) is 0 Å². The molecule has 0 aliphatic heterocycles. The fraction of sp³-hybridized carbons (Fsp3) is 1.00. The van der Waals surface area contributed by atoms with E-state index in [1.54, 1.807) is 0 Å². The van der Waals surface area contributed by atoms with Gasteiger partial charge in [-0.25, -0.2) is 8.42 Å². The molecule has 0 heterocycles. The van der Waals surface area contributed by atoms with Crippen molar-refractivity contribution in [3.63, 3.8) is 0 Å². The Hall–Kier alpha value is 0.200. The van der Waals surface area contributed by atoms with Crippen LogP contribution in [-0.2, 0) is 13.8 Å². The Balaban J connectivity index is 1.72. The van der Waals surface area contributed by atoms with Crippen LogP contribution in [0, 0.1) is 0 Å². The summed E-state index contributed by atoms with van der Waals surface area (Å²) in [6.45, 7) is 0.538. The van der Waals surface area contributed by atoms with Gasteiger partial charge >= 0.3 is 0 Å². The molecule has 0 spiro atoms. The molecule has 5 heteroatoms. The van der Waals surface area contributed by atoms with E-state index in [2.05, 4.69) is 0 Å². The Kier molecular flexibility index (Phi) is 3.82. The summed E-state index contributed by atoms with van der Waals surface area (Å²) < 4.78 is 27.7. The molecule has 0 amide bonds. The van der Waals surface area contributed by atoms with E-state index in [1.807, 2.05) is 0 Å². The van der Waals surface area contributed by atoms with Crippen molar-refractivity contribution in [2.75, 3.05) is 6.61 Å². The summed E-state index contributed by atoms with van der Waals surface area (Å²) in [7, 11) is 2.02. The smallest absolute Gasteiger partial charge is 0.238 e. The highest BCUT2D eigenvalue weighted by molar-refractivity contribution is 8.15. The molecule has 2 saturated carbocycles. The average Bonchev–Trinajstić information content (AvgIpc) is 3.00. The van der Waals surface area contributed by atoms with Gasteiger partial charge in [0.05, 0.1) is 10.9 Å². The van der Waals surface area contributed by atoms with Crippen LogP contribution in [0.4, 0.5) is 0 Å². The average molecular weight is 267 g/mol. The first kappa shape index (κ1) is 12.7. The summed E-state index contributed by atoms with van der Waals surface area (Å²) in [6.07, 6.45) is 8.35. The third kappa shape index (κ3) is 2.90. The van der Waals surface area contributed by atoms with E-state index in [9.17, 15) is 8.42 Å². The molecule has 0 aromatic rings. The number of rotatable bonds is 5. The van der Waals surface area contributed by atoms with Gasteiger partial charge in [-0.3, -0.25) is 0 Å². The molecule has 0 N–H and O–H groups in total. The Morgan fingerprint density at radius 1 is 1.19 bits per heavy atom. The van der Waals surface area contributed by atoms with Crippen LogP contribution in [0.2, 0.25) is 0 Å². The lowest BCUT2D eigenvalue weighted by Gasteiger charge is -2.22. The molecule has 16 heavy (non-hydrogen) atoms. The highest BCUT2D eigenvalue weighted by Gasteiger charge is 2.53. The van der Waals surface area contributed by atoms with Crippen molar-refractivity contribution in [3.8, 4) is 0 Å². The Morgan fingerprint density at radius 3 is 2.31 bits per heavy atom. The van der Waals surface area contributed by atoms with Crippen LogP contribution in [0.25, 0.3) is 0 Å². The molecule has 2 aliphatic rings. The lowest BCUT2D eigenvalue weighted by atomic mass is 9.98. The lowest BCUT2D eigenvalue weighted by Crippen LogP contribution is -2.23. The zero-order valence-corrected chi connectivity index (χ0v) is 11.0. The minimum Gasteiger partial charge on any atom is -0.378 e. The molecular formula is C11H19ClO3S. The molecule has 2 rings (SSSR count). The van der Waals surface area contributed by atoms with E-state index in [-0.39, 0.29) is 0 Å². The topological polar surface area (TPSA) is 43.4 Å². The van der Waals surface area contributed by atoms with E-state index in [0.29, 0.717) is 32.0 Å². The molecule has 0 atom stereocenters. The van der Waals surface area contributed by atoms with Crippen molar-refractivity contribution >= 4 is 19.7 Å². The molecule has 0 bridgehead atoms. The van der Waals surface area contributed by atoms with Crippen molar-refractivity contribution in [3.05, 3.63) is 0 Å². The van der Waals surface area contributed by atoms with Gasteiger partial charge in [0.2, 0.25) is 9.05 Å². The quantitative estimate of drug-likeness (QED) is 0.719. The second-order valence-electron chi connectivity index (χ2n) is 5.00. The lowest BCUT2D eigenvalue weighted by molar-refractivity contribution is 0.0262. The summed E-state index contributed by atoms with van der Waals surface area (Å²) in [6, 6.07) is 0. The van der Waals surface area contributed by atoms with Crippen LogP contribution in [0.3, 0.4) is 0 Å². The van der Waals surface area contributed by atoms with Crippen molar-refractivity contribution in [2.24, 2.45) is 0 Å². The van der Waals surface area contributed by atoms with Gasteiger partial charge in [-0.05, 0) is 32.1 Å². The van der Waals surface area contributed by atoms with E-state index in [0.717, 1.165) is 12.8 Å². The number of halogens is 1. The van der Waals surface area contributed by atoms with Gasteiger partial charge in [-0.15, -0.1) is 0 Å². The van der Waals surface area contributed by atoms with Crippen LogP contribution < -0.4 is 0 Å². The second kappa shape index (κ2) is 4.83. The monoisotopic (exact) mass is 266 g/mol. The maximum absolute atomic E-state index is 11.3. The van der Waals surface area contributed by atoms with Crippen molar-refractivity contribution in [2.45, 2.75) is 62.2 Å². The third-order valence-electron chi connectivity index (χ3n) is 3.79. The van der Waals surface area contributed by atoms with Crippen LogP contribution in [0.5, 0.6) is 0 Å². The minimum atomic E-state index is -3.40. The zero-order valence-electron chi connectivity index (χ0n) is 9.45.